The van der Waals surface area contributed by atoms with Crippen molar-refractivity contribution in [1.29, 1.82) is 0 Å². The Morgan fingerprint density at radius 3 is 2.85 bits per heavy atom. The number of H-pyrrole nitrogens is 1. The zero-order valence-electron chi connectivity index (χ0n) is 11.9. The number of amides is 1. The molecule has 0 aliphatic carbocycles. The van der Waals surface area contributed by atoms with Gasteiger partial charge in [-0.3, -0.25) is 9.89 Å². The number of hydrogen-bond donors (Lipinski definition) is 2. The molecule has 1 saturated heterocycles. The van der Waals surface area contributed by atoms with E-state index in [1.807, 2.05) is 30.1 Å². The van der Waals surface area contributed by atoms with Gasteiger partial charge in [0.25, 0.3) is 5.91 Å². The third kappa shape index (κ3) is 2.29. The van der Waals surface area contributed by atoms with Gasteiger partial charge in [0.1, 0.15) is 0 Å². The monoisotopic (exact) mass is 272 g/mol. The Labute approximate surface area is 118 Å². The van der Waals surface area contributed by atoms with Crippen molar-refractivity contribution in [3.8, 4) is 0 Å². The van der Waals surface area contributed by atoms with Gasteiger partial charge in [0.15, 0.2) is 0 Å². The van der Waals surface area contributed by atoms with Crippen molar-refractivity contribution < 1.29 is 4.79 Å². The number of fused-ring (bicyclic) bond motifs is 1. The number of benzene rings is 1. The summed E-state index contributed by atoms with van der Waals surface area (Å²) < 4.78 is 0. The van der Waals surface area contributed by atoms with Gasteiger partial charge < -0.3 is 10.2 Å². The van der Waals surface area contributed by atoms with E-state index < -0.39 is 0 Å². The minimum Gasteiger partial charge on any atom is -0.339 e. The van der Waals surface area contributed by atoms with Gasteiger partial charge in [-0.05, 0) is 38.9 Å². The van der Waals surface area contributed by atoms with Gasteiger partial charge in [0, 0.05) is 29.6 Å². The van der Waals surface area contributed by atoms with Crippen molar-refractivity contribution in [2.24, 2.45) is 0 Å². The molecule has 1 aliphatic heterocycles. The Morgan fingerprint density at radius 1 is 1.40 bits per heavy atom. The molecule has 0 saturated carbocycles. The molecule has 0 spiro atoms. The van der Waals surface area contributed by atoms with Crippen molar-refractivity contribution in [3.05, 3.63) is 30.0 Å². The summed E-state index contributed by atoms with van der Waals surface area (Å²) in [4.78, 5) is 14.5. The first-order chi connectivity index (χ1) is 9.61. The second-order valence-electron chi connectivity index (χ2n) is 5.77. The number of nitrogens with one attached hydrogen (secondary N) is 2. The Bertz CT molecular complexity index is 626. The highest BCUT2D eigenvalue weighted by molar-refractivity contribution is 5.97. The van der Waals surface area contributed by atoms with Gasteiger partial charge in [0.2, 0.25) is 0 Å². The summed E-state index contributed by atoms with van der Waals surface area (Å²) in [5, 5.41) is 11.3. The molecule has 2 N–H and O–H groups in total. The molecule has 0 unspecified atom stereocenters. The first-order valence-electron chi connectivity index (χ1n) is 7.03. The molecule has 5 nitrogen and oxygen atoms in total. The van der Waals surface area contributed by atoms with E-state index in [0.717, 1.165) is 42.4 Å². The predicted molar refractivity (Wildman–Crippen MR) is 78.7 cm³/mol. The van der Waals surface area contributed by atoms with Crippen molar-refractivity contribution in [2.45, 2.75) is 25.3 Å². The molecule has 3 rings (SSSR count). The van der Waals surface area contributed by atoms with Crippen molar-refractivity contribution in [2.75, 3.05) is 20.1 Å². The first kappa shape index (κ1) is 13.1. The van der Waals surface area contributed by atoms with E-state index in [1.165, 1.54) is 0 Å². The molecular weight excluding hydrogens is 252 g/mol. The van der Waals surface area contributed by atoms with Crippen LogP contribution < -0.4 is 5.32 Å². The van der Waals surface area contributed by atoms with Crippen LogP contribution in [-0.2, 0) is 0 Å². The minimum absolute atomic E-state index is 0.111. The van der Waals surface area contributed by atoms with E-state index in [4.69, 9.17) is 0 Å². The van der Waals surface area contributed by atoms with Crippen LogP contribution in [0.1, 0.15) is 30.1 Å². The summed E-state index contributed by atoms with van der Waals surface area (Å²) in [6.07, 6.45) is 3.74. The number of rotatable bonds is 2. The van der Waals surface area contributed by atoms with E-state index >= 15 is 0 Å². The number of aromatic amines is 1. The smallest absolute Gasteiger partial charge is 0.253 e. The average Bonchev–Trinajstić information content (AvgIpc) is 2.94. The molecule has 2 aromatic rings. The van der Waals surface area contributed by atoms with Crippen LogP contribution in [0, 0.1) is 0 Å². The zero-order valence-corrected chi connectivity index (χ0v) is 11.9. The fourth-order valence-electron chi connectivity index (χ4n) is 2.71. The van der Waals surface area contributed by atoms with Gasteiger partial charge in [0.05, 0.1) is 11.7 Å². The molecular formula is C15H20N4O. The number of hydrogen-bond acceptors (Lipinski definition) is 3. The van der Waals surface area contributed by atoms with Crippen LogP contribution in [0.4, 0.5) is 0 Å². The number of aromatic nitrogens is 2. The van der Waals surface area contributed by atoms with E-state index in [1.54, 1.807) is 6.20 Å². The summed E-state index contributed by atoms with van der Waals surface area (Å²) >= 11 is 0. The maximum absolute atomic E-state index is 12.5. The van der Waals surface area contributed by atoms with E-state index in [0.29, 0.717) is 0 Å². The number of piperidine rings is 1. The summed E-state index contributed by atoms with van der Waals surface area (Å²) in [6.45, 7) is 3.82. The maximum atomic E-state index is 12.5. The average molecular weight is 272 g/mol. The third-order valence-corrected chi connectivity index (χ3v) is 4.45. The standard InChI is InChI=1S/C15H20N4O/c1-15(16-2)5-7-19(8-6-15)14(20)11-3-4-12-10-17-18-13(12)9-11/h3-4,9-10,16H,5-8H2,1-2H3,(H,17,18). The number of carbonyl (C=O) groups is 1. The quantitative estimate of drug-likeness (QED) is 0.876. The van der Waals surface area contributed by atoms with Gasteiger partial charge in [-0.2, -0.15) is 5.10 Å². The van der Waals surface area contributed by atoms with Crippen LogP contribution in [0.15, 0.2) is 24.4 Å². The molecule has 1 aliphatic rings. The van der Waals surface area contributed by atoms with Crippen molar-refractivity contribution in [3.63, 3.8) is 0 Å². The third-order valence-electron chi connectivity index (χ3n) is 4.45. The Kier molecular flexibility index (Phi) is 3.22. The largest absolute Gasteiger partial charge is 0.339 e. The lowest BCUT2D eigenvalue weighted by Gasteiger charge is -2.39. The Hall–Kier alpha value is -1.88. The topological polar surface area (TPSA) is 61.0 Å². The SMILES string of the molecule is CNC1(C)CCN(C(=O)c2ccc3cn[nH]c3c2)CC1. The number of carbonyl (C=O) groups excluding carboxylic acids is 1. The van der Waals surface area contributed by atoms with Crippen LogP contribution in [0.5, 0.6) is 0 Å². The van der Waals surface area contributed by atoms with Crippen LogP contribution >= 0.6 is 0 Å². The van der Waals surface area contributed by atoms with E-state index in [-0.39, 0.29) is 11.4 Å². The fourth-order valence-corrected chi connectivity index (χ4v) is 2.71. The fraction of sp³-hybridized carbons (Fsp3) is 0.467. The van der Waals surface area contributed by atoms with Gasteiger partial charge in [-0.1, -0.05) is 6.07 Å². The lowest BCUT2D eigenvalue weighted by Crippen LogP contribution is -2.51. The summed E-state index contributed by atoms with van der Waals surface area (Å²) in [5.74, 6) is 0.111. The highest BCUT2D eigenvalue weighted by Gasteiger charge is 2.30. The van der Waals surface area contributed by atoms with E-state index in [2.05, 4.69) is 22.4 Å². The summed E-state index contributed by atoms with van der Waals surface area (Å²) in [7, 11) is 1.99. The molecule has 106 valence electrons. The van der Waals surface area contributed by atoms with Crippen LogP contribution in [-0.4, -0.2) is 46.7 Å². The van der Waals surface area contributed by atoms with E-state index in [9.17, 15) is 4.79 Å². The normalized spacial score (nSPS) is 18.4. The number of likely N-dealkylation sites (tertiary alicyclic amines) is 1. The van der Waals surface area contributed by atoms with Crippen LogP contribution in [0.3, 0.4) is 0 Å². The molecule has 1 aromatic heterocycles. The molecule has 2 heterocycles. The predicted octanol–water partition coefficient (Wildman–Crippen LogP) is 1.78. The molecule has 20 heavy (non-hydrogen) atoms. The summed E-state index contributed by atoms with van der Waals surface area (Å²) in [5.41, 5.74) is 1.80. The molecule has 0 atom stereocenters. The molecule has 0 bridgehead atoms. The van der Waals surface area contributed by atoms with Gasteiger partial charge in [-0.15, -0.1) is 0 Å². The second kappa shape index (κ2) is 4.90. The lowest BCUT2D eigenvalue weighted by molar-refractivity contribution is 0.0662. The Morgan fingerprint density at radius 2 is 2.15 bits per heavy atom. The molecule has 1 aromatic carbocycles. The molecule has 0 radical (unpaired) electrons. The highest BCUT2D eigenvalue weighted by atomic mass is 16.2. The molecule has 1 amide bonds. The summed E-state index contributed by atoms with van der Waals surface area (Å²) in [6, 6.07) is 5.70. The Balaban J connectivity index is 1.76. The van der Waals surface area contributed by atoms with Crippen molar-refractivity contribution in [1.82, 2.24) is 20.4 Å². The molecule has 1 fully saturated rings. The lowest BCUT2D eigenvalue weighted by atomic mass is 9.89. The number of nitrogens with zero attached hydrogens (tertiary/aromatic N) is 2. The van der Waals surface area contributed by atoms with Gasteiger partial charge in [-0.25, -0.2) is 0 Å². The highest BCUT2D eigenvalue weighted by Crippen LogP contribution is 2.23. The zero-order chi connectivity index (χ0) is 14.2. The van der Waals surface area contributed by atoms with Gasteiger partial charge >= 0.3 is 0 Å². The molecule has 5 heteroatoms. The maximum Gasteiger partial charge on any atom is 0.253 e. The minimum atomic E-state index is 0.111. The second-order valence-corrected chi connectivity index (χ2v) is 5.77. The first-order valence-corrected chi connectivity index (χ1v) is 7.03. The van der Waals surface area contributed by atoms with Crippen molar-refractivity contribution >= 4 is 16.8 Å². The van der Waals surface area contributed by atoms with Crippen LogP contribution in [0.25, 0.3) is 10.9 Å². The van der Waals surface area contributed by atoms with Crippen LogP contribution in [0.2, 0.25) is 0 Å².